The van der Waals surface area contributed by atoms with Crippen LogP contribution in [0.2, 0.25) is 0 Å². The Bertz CT molecular complexity index is 510. The van der Waals surface area contributed by atoms with Crippen molar-refractivity contribution < 1.29 is 0 Å². The summed E-state index contributed by atoms with van der Waals surface area (Å²) >= 11 is 3.58. The van der Waals surface area contributed by atoms with Crippen molar-refractivity contribution in [2.45, 2.75) is 59.0 Å². The molecular weight excluding hydrogens is 310 g/mol. The smallest absolute Gasteiger partial charge is 0.0294 e. The maximum Gasteiger partial charge on any atom is 0.0294 e. The largest absolute Gasteiger partial charge is 0.307 e. The van der Waals surface area contributed by atoms with E-state index in [1.165, 1.54) is 29.3 Å². The van der Waals surface area contributed by atoms with Gasteiger partial charge in [-0.1, -0.05) is 48.8 Å². The summed E-state index contributed by atoms with van der Waals surface area (Å²) in [5.74, 6) is 0.903. The zero-order valence-corrected chi connectivity index (χ0v) is 14.6. The molecule has 2 heteroatoms. The third-order valence-electron chi connectivity index (χ3n) is 6.59. The average molecular weight is 336 g/mol. The highest BCUT2D eigenvalue weighted by atomic mass is 79.9. The molecule has 110 valence electrons. The fraction of sp³-hybridized carbons (Fsp3) is 0.667. The number of nitrogens with one attached hydrogen (secondary N) is 1. The normalized spacial score (nSPS) is 36.2. The van der Waals surface area contributed by atoms with Crippen LogP contribution in [-0.2, 0) is 0 Å². The Balaban J connectivity index is 1.76. The molecule has 1 N–H and O–H groups in total. The summed E-state index contributed by atoms with van der Waals surface area (Å²) in [5.41, 5.74) is 2.32. The van der Waals surface area contributed by atoms with E-state index in [0.717, 1.165) is 5.92 Å². The van der Waals surface area contributed by atoms with Gasteiger partial charge in [0.05, 0.1) is 0 Å². The Morgan fingerprint density at radius 3 is 2.60 bits per heavy atom. The monoisotopic (exact) mass is 335 g/mol. The summed E-state index contributed by atoms with van der Waals surface area (Å²) in [4.78, 5) is 0. The van der Waals surface area contributed by atoms with E-state index in [1.807, 2.05) is 0 Å². The number of fused-ring (bicyclic) bond motifs is 2. The highest BCUT2D eigenvalue weighted by molar-refractivity contribution is 9.10. The van der Waals surface area contributed by atoms with Gasteiger partial charge in [-0.2, -0.15) is 0 Å². The second-order valence-electron chi connectivity index (χ2n) is 7.61. The van der Waals surface area contributed by atoms with Crippen molar-refractivity contribution in [2.75, 3.05) is 0 Å². The molecule has 1 aromatic rings. The summed E-state index contributed by atoms with van der Waals surface area (Å²) in [6, 6.07) is 9.76. The fourth-order valence-electron chi connectivity index (χ4n) is 4.63. The molecule has 2 bridgehead atoms. The maximum absolute atomic E-state index is 3.93. The number of rotatable bonds is 3. The molecule has 2 saturated carbocycles. The van der Waals surface area contributed by atoms with Gasteiger partial charge in [-0.15, -0.1) is 0 Å². The SMILES string of the molecule is C[C@H](NC1CC2CCC1(C)C2(C)C)c1cccc(Br)c1. The third-order valence-corrected chi connectivity index (χ3v) is 7.09. The molecule has 0 saturated heterocycles. The molecule has 2 aliphatic carbocycles. The minimum absolute atomic E-state index is 0.421. The third kappa shape index (κ3) is 2.07. The second-order valence-corrected chi connectivity index (χ2v) is 8.52. The molecule has 0 aromatic heterocycles. The van der Waals surface area contributed by atoms with Crippen LogP contribution in [0.3, 0.4) is 0 Å². The molecule has 0 amide bonds. The molecule has 20 heavy (non-hydrogen) atoms. The van der Waals surface area contributed by atoms with Crippen LogP contribution in [0.1, 0.15) is 58.6 Å². The zero-order valence-electron chi connectivity index (χ0n) is 13.0. The minimum atomic E-state index is 0.421. The van der Waals surface area contributed by atoms with Crippen LogP contribution in [0.5, 0.6) is 0 Å². The maximum atomic E-state index is 3.93. The van der Waals surface area contributed by atoms with Crippen LogP contribution >= 0.6 is 15.9 Å². The van der Waals surface area contributed by atoms with Crippen molar-refractivity contribution in [1.82, 2.24) is 5.32 Å². The molecule has 3 rings (SSSR count). The standard InChI is InChI=1S/C18H26BrN/c1-12(13-6-5-7-15(19)10-13)20-16-11-14-8-9-18(16,4)17(14,2)3/h5-7,10,12,14,16,20H,8-9,11H2,1-4H3/t12-,14?,16?,18?/m0/s1. The van der Waals surface area contributed by atoms with Crippen LogP contribution in [0.4, 0.5) is 0 Å². The lowest BCUT2D eigenvalue weighted by molar-refractivity contribution is 0.116. The van der Waals surface area contributed by atoms with Crippen LogP contribution in [0.15, 0.2) is 28.7 Å². The Morgan fingerprint density at radius 2 is 2.05 bits per heavy atom. The summed E-state index contributed by atoms with van der Waals surface area (Å²) in [7, 11) is 0. The first kappa shape index (κ1) is 14.6. The summed E-state index contributed by atoms with van der Waals surface area (Å²) in [5, 5.41) is 3.93. The van der Waals surface area contributed by atoms with Gasteiger partial charge in [0.15, 0.2) is 0 Å². The highest BCUT2D eigenvalue weighted by Gasteiger charge is 2.61. The van der Waals surface area contributed by atoms with Gasteiger partial charge >= 0.3 is 0 Å². The Labute approximate surface area is 131 Å². The minimum Gasteiger partial charge on any atom is -0.307 e. The first-order valence-corrected chi connectivity index (χ1v) is 8.65. The highest BCUT2D eigenvalue weighted by Crippen LogP contribution is 2.65. The van der Waals surface area contributed by atoms with Crippen molar-refractivity contribution in [3.05, 3.63) is 34.3 Å². The lowest BCUT2D eigenvalue weighted by Crippen LogP contribution is -2.45. The Morgan fingerprint density at radius 1 is 1.30 bits per heavy atom. The molecule has 1 nitrogen and oxygen atoms in total. The summed E-state index contributed by atoms with van der Waals surface area (Å²) in [6.45, 7) is 9.77. The molecule has 0 radical (unpaired) electrons. The van der Waals surface area contributed by atoms with Gasteiger partial charge in [0, 0.05) is 16.6 Å². The molecule has 0 heterocycles. The van der Waals surface area contributed by atoms with Gasteiger partial charge in [0.1, 0.15) is 0 Å². The zero-order chi connectivity index (χ0) is 14.5. The van der Waals surface area contributed by atoms with Gasteiger partial charge in [-0.3, -0.25) is 0 Å². The van der Waals surface area contributed by atoms with Crippen LogP contribution in [0.25, 0.3) is 0 Å². The Hall–Kier alpha value is -0.340. The van der Waals surface area contributed by atoms with Crippen molar-refractivity contribution in [1.29, 1.82) is 0 Å². The summed E-state index contributed by atoms with van der Waals surface area (Å²) < 4.78 is 1.17. The molecule has 3 unspecified atom stereocenters. The summed E-state index contributed by atoms with van der Waals surface area (Å²) in [6.07, 6.45) is 4.16. The first-order valence-electron chi connectivity index (χ1n) is 7.86. The van der Waals surface area contributed by atoms with Crippen LogP contribution in [0, 0.1) is 16.7 Å². The number of hydrogen-bond acceptors (Lipinski definition) is 1. The number of hydrogen-bond donors (Lipinski definition) is 1. The topological polar surface area (TPSA) is 12.0 Å². The predicted molar refractivity (Wildman–Crippen MR) is 88.7 cm³/mol. The average Bonchev–Trinajstić information content (AvgIpc) is 2.72. The fourth-order valence-corrected chi connectivity index (χ4v) is 5.05. The van der Waals surface area contributed by atoms with Gasteiger partial charge in [0.25, 0.3) is 0 Å². The number of halogens is 1. The van der Waals surface area contributed by atoms with Crippen LogP contribution < -0.4 is 5.32 Å². The van der Waals surface area contributed by atoms with Gasteiger partial charge in [-0.05, 0) is 60.6 Å². The van der Waals surface area contributed by atoms with E-state index in [0.29, 0.717) is 22.9 Å². The molecule has 2 aliphatic rings. The van der Waals surface area contributed by atoms with E-state index in [1.54, 1.807) is 0 Å². The lowest BCUT2D eigenvalue weighted by atomic mass is 9.69. The molecule has 0 spiro atoms. The van der Waals surface area contributed by atoms with E-state index in [4.69, 9.17) is 0 Å². The first-order chi connectivity index (χ1) is 9.34. The van der Waals surface area contributed by atoms with Gasteiger partial charge in [0.2, 0.25) is 0 Å². The molecule has 2 fully saturated rings. The van der Waals surface area contributed by atoms with Gasteiger partial charge < -0.3 is 5.32 Å². The van der Waals surface area contributed by atoms with Crippen molar-refractivity contribution in [2.24, 2.45) is 16.7 Å². The van der Waals surface area contributed by atoms with Crippen molar-refractivity contribution in [3.63, 3.8) is 0 Å². The Kier molecular flexibility index (Phi) is 3.53. The molecule has 1 aromatic carbocycles. The number of benzene rings is 1. The van der Waals surface area contributed by atoms with E-state index in [9.17, 15) is 0 Å². The lowest BCUT2D eigenvalue weighted by Gasteiger charge is -2.40. The second kappa shape index (κ2) is 4.84. The van der Waals surface area contributed by atoms with E-state index in [-0.39, 0.29) is 0 Å². The van der Waals surface area contributed by atoms with E-state index >= 15 is 0 Å². The van der Waals surface area contributed by atoms with Gasteiger partial charge in [-0.25, -0.2) is 0 Å². The van der Waals surface area contributed by atoms with E-state index < -0.39 is 0 Å². The molecule has 0 aliphatic heterocycles. The van der Waals surface area contributed by atoms with Crippen molar-refractivity contribution in [3.8, 4) is 0 Å². The van der Waals surface area contributed by atoms with Crippen LogP contribution in [-0.4, -0.2) is 6.04 Å². The van der Waals surface area contributed by atoms with Crippen molar-refractivity contribution >= 4 is 15.9 Å². The molecular formula is C18H26BrN. The predicted octanol–water partition coefficient (Wildman–Crippen LogP) is 5.31. The van der Waals surface area contributed by atoms with E-state index in [2.05, 4.69) is 73.2 Å². The molecule has 4 atom stereocenters. The quantitative estimate of drug-likeness (QED) is 0.788.